The van der Waals surface area contributed by atoms with E-state index in [4.69, 9.17) is 9.47 Å². The third kappa shape index (κ3) is 3.20. The van der Waals surface area contributed by atoms with E-state index in [1.165, 1.54) is 6.07 Å². The molecule has 0 aliphatic carbocycles. The molecule has 122 valence electrons. The molecule has 1 atom stereocenters. The molecular weight excluding hydrogens is 308 g/mol. The summed E-state index contributed by atoms with van der Waals surface area (Å²) in [5, 5.41) is 0. The van der Waals surface area contributed by atoms with Gasteiger partial charge in [0.05, 0.1) is 12.2 Å². The molecule has 5 heteroatoms. The molecule has 0 N–H and O–H groups in total. The van der Waals surface area contributed by atoms with E-state index in [1.807, 2.05) is 19.1 Å². The highest BCUT2D eigenvalue weighted by Gasteiger charge is 2.31. The Balaban J connectivity index is 1.87. The van der Waals surface area contributed by atoms with Crippen LogP contribution in [0.3, 0.4) is 0 Å². The molecule has 0 saturated carbocycles. The van der Waals surface area contributed by atoms with E-state index < -0.39 is 18.0 Å². The second-order valence-corrected chi connectivity index (χ2v) is 5.59. The maximum atomic E-state index is 12.7. The van der Waals surface area contributed by atoms with Crippen molar-refractivity contribution in [1.82, 2.24) is 0 Å². The number of hydrogen-bond donors (Lipinski definition) is 0. The summed E-state index contributed by atoms with van der Waals surface area (Å²) in [5.74, 6) is -1.52. The fourth-order valence-corrected chi connectivity index (χ4v) is 2.50. The van der Waals surface area contributed by atoms with Crippen LogP contribution in [0.1, 0.15) is 38.3 Å². The Labute approximate surface area is 139 Å². The van der Waals surface area contributed by atoms with Gasteiger partial charge < -0.3 is 9.47 Å². The zero-order chi connectivity index (χ0) is 17.1. The summed E-state index contributed by atoms with van der Waals surface area (Å²) in [5.41, 5.74) is 1.92. The number of cyclic esters (lactones) is 1. The predicted octanol–water partition coefficient (Wildman–Crippen LogP) is 2.70. The number of hydrogen-bond acceptors (Lipinski definition) is 5. The largest absolute Gasteiger partial charge is 0.463 e. The first-order valence-electron chi connectivity index (χ1n) is 7.64. The predicted molar refractivity (Wildman–Crippen MR) is 85.8 cm³/mol. The number of ketones is 1. The average molecular weight is 324 g/mol. The molecule has 1 saturated heterocycles. The van der Waals surface area contributed by atoms with Crippen LogP contribution in [-0.4, -0.2) is 30.4 Å². The summed E-state index contributed by atoms with van der Waals surface area (Å²) in [4.78, 5) is 36.5. The maximum absolute atomic E-state index is 12.7. The summed E-state index contributed by atoms with van der Waals surface area (Å²) in [7, 11) is 0. The minimum absolute atomic E-state index is 0.141. The fourth-order valence-electron chi connectivity index (χ4n) is 2.50. The van der Waals surface area contributed by atoms with Gasteiger partial charge in [0.2, 0.25) is 6.10 Å². The van der Waals surface area contributed by atoms with Crippen molar-refractivity contribution in [1.29, 1.82) is 0 Å². The van der Waals surface area contributed by atoms with E-state index in [1.54, 1.807) is 30.3 Å². The van der Waals surface area contributed by atoms with Crippen molar-refractivity contribution in [2.24, 2.45) is 0 Å². The summed E-state index contributed by atoms with van der Waals surface area (Å²) in [6, 6.07) is 13.5. The Bertz CT molecular complexity index is 792. The second-order valence-electron chi connectivity index (χ2n) is 5.59. The number of ether oxygens (including phenoxy) is 2. The van der Waals surface area contributed by atoms with Crippen molar-refractivity contribution >= 4 is 17.7 Å². The third-order valence-corrected chi connectivity index (χ3v) is 3.84. The highest BCUT2D eigenvalue weighted by molar-refractivity contribution is 6.14. The Morgan fingerprint density at radius 2 is 1.71 bits per heavy atom. The van der Waals surface area contributed by atoms with Crippen molar-refractivity contribution in [2.75, 3.05) is 6.61 Å². The molecular formula is C19H16O5. The van der Waals surface area contributed by atoms with Crippen LogP contribution < -0.4 is 0 Å². The molecule has 0 unspecified atom stereocenters. The summed E-state index contributed by atoms with van der Waals surface area (Å²) < 4.78 is 9.97. The van der Waals surface area contributed by atoms with Gasteiger partial charge in [-0.2, -0.15) is 0 Å². The molecule has 2 aromatic carbocycles. The number of carbonyl (C=O) groups excluding carboxylic acids is 3. The number of carbonyl (C=O) groups is 3. The summed E-state index contributed by atoms with van der Waals surface area (Å²) >= 11 is 0. The lowest BCUT2D eigenvalue weighted by Crippen LogP contribution is -2.24. The van der Waals surface area contributed by atoms with Gasteiger partial charge in [-0.3, -0.25) is 4.79 Å². The highest BCUT2D eigenvalue weighted by atomic mass is 16.6. The molecule has 24 heavy (non-hydrogen) atoms. The van der Waals surface area contributed by atoms with Crippen molar-refractivity contribution in [3.8, 4) is 0 Å². The van der Waals surface area contributed by atoms with Crippen LogP contribution in [0.4, 0.5) is 0 Å². The standard InChI is InChI=1S/C19H16O5/c1-12-6-8-13(9-7-12)17(20)14-4-2-3-5-15(14)18(21)24-16-10-11-23-19(16)22/h2-9,16H,10-11H2,1H3/t16-/m1/s1. The Kier molecular flexibility index (Phi) is 4.42. The van der Waals surface area contributed by atoms with E-state index in [2.05, 4.69) is 0 Å². The van der Waals surface area contributed by atoms with Gasteiger partial charge in [0.25, 0.3) is 0 Å². The minimum Gasteiger partial charge on any atom is -0.463 e. The monoisotopic (exact) mass is 324 g/mol. The Morgan fingerprint density at radius 3 is 2.33 bits per heavy atom. The van der Waals surface area contributed by atoms with Gasteiger partial charge in [0, 0.05) is 17.5 Å². The molecule has 5 nitrogen and oxygen atoms in total. The number of rotatable bonds is 4. The van der Waals surface area contributed by atoms with Gasteiger partial charge in [0.1, 0.15) is 0 Å². The van der Waals surface area contributed by atoms with Crippen molar-refractivity contribution in [3.63, 3.8) is 0 Å². The first-order valence-corrected chi connectivity index (χ1v) is 7.64. The molecule has 3 rings (SSSR count). The third-order valence-electron chi connectivity index (χ3n) is 3.84. The molecule has 0 spiro atoms. The zero-order valence-corrected chi connectivity index (χ0v) is 13.2. The lowest BCUT2D eigenvalue weighted by atomic mass is 9.98. The van der Waals surface area contributed by atoms with Gasteiger partial charge in [0.15, 0.2) is 5.78 Å². The minimum atomic E-state index is -0.903. The number of benzene rings is 2. The SMILES string of the molecule is Cc1ccc(C(=O)c2ccccc2C(=O)O[C@@H]2CCOC2=O)cc1. The van der Waals surface area contributed by atoms with Crippen LogP contribution in [0.15, 0.2) is 48.5 Å². The molecule has 1 fully saturated rings. The number of esters is 2. The van der Waals surface area contributed by atoms with E-state index >= 15 is 0 Å². The Morgan fingerprint density at radius 1 is 1.04 bits per heavy atom. The molecule has 2 aromatic rings. The van der Waals surface area contributed by atoms with Gasteiger partial charge in [-0.05, 0) is 13.0 Å². The molecule has 0 amide bonds. The first-order chi connectivity index (χ1) is 11.6. The van der Waals surface area contributed by atoms with Gasteiger partial charge >= 0.3 is 11.9 Å². The van der Waals surface area contributed by atoms with Gasteiger partial charge in [-0.1, -0.05) is 48.0 Å². The van der Waals surface area contributed by atoms with Crippen molar-refractivity contribution in [2.45, 2.75) is 19.4 Å². The van der Waals surface area contributed by atoms with Crippen molar-refractivity contribution in [3.05, 3.63) is 70.8 Å². The molecule has 1 aliphatic rings. The van der Waals surface area contributed by atoms with Crippen LogP contribution in [0.25, 0.3) is 0 Å². The smallest absolute Gasteiger partial charge is 0.347 e. The summed E-state index contributed by atoms with van der Waals surface area (Å²) in [6.45, 7) is 2.17. The van der Waals surface area contributed by atoms with E-state index in [-0.39, 0.29) is 23.5 Å². The molecule has 1 heterocycles. The van der Waals surface area contributed by atoms with E-state index in [9.17, 15) is 14.4 Å². The van der Waals surface area contributed by atoms with Gasteiger partial charge in [-0.25, -0.2) is 9.59 Å². The Hall–Kier alpha value is -2.95. The molecule has 0 radical (unpaired) electrons. The second kappa shape index (κ2) is 6.66. The summed E-state index contributed by atoms with van der Waals surface area (Å²) in [6.07, 6.45) is -0.571. The first kappa shape index (κ1) is 15.9. The highest BCUT2D eigenvalue weighted by Crippen LogP contribution is 2.19. The fraction of sp³-hybridized carbons (Fsp3) is 0.211. The molecule has 1 aliphatic heterocycles. The van der Waals surface area contributed by atoms with Crippen LogP contribution in [0, 0.1) is 6.92 Å². The van der Waals surface area contributed by atoms with Crippen LogP contribution in [-0.2, 0) is 14.3 Å². The lowest BCUT2D eigenvalue weighted by Gasteiger charge is -2.11. The van der Waals surface area contributed by atoms with Crippen LogP contribution in [0.2, 0.25) is 0 Å². The average Bonchev–Trinajstić information content (AvgIpc) is 3.00. The zero-order valence-electron chi connectivity index (χ0n) is 13.2. The van der Waals surface area contributed by atoms with Crippen molar-refractivity contribution < 1.29 is 23.9 Å². The number of aryl methyl sites for hydroxylation is 1. The van der Waals surface area contributed by atoms with E-state index in [0.29, 0.717) is 12.0 Å². The maximum Gasteiger partial charge on any atom is 0.347 e. The molecule has 0 aromatic heterocycles. The van der Waals surface area contributed by atoms with Gasteiger partial charge in [-0.15, -0.1) is 0 Å². The van der Waals surface area contributed by atoms with Crippen LogP contribution in [0.5, 0.6) is 0 Å². The lowest BCUT2D eigenvalue weighted by molar-refractivity contribution is -0.145. The topological polar surface area (TPSA) is 69.7 Å². The normalized spacial score (nSPS) is 16.5. The quantitative estimate of drug-likeness (QED) is 0.639. The van der Waals surface area contributed by atoms with Crippen LogP contribution >= 0.6 is 0 Å². The molecule has 0 bridgehead atoms. The van der Waals surface area contributed by atoms with E-state index in [0.717, 1.165) is 5.56 Å².